The smallest absolute Gasteiger partial charge is 0.407 e. The third-order valence-electron chi connectivity index (χ3n) is 2.34. The SMILES string of the molecule is CC(C)(C)OC(=O)N[C@@H](CO)Cc1ccc(Br)cc1. The van der Waals surface area contributed by atoms with Crippen LogP contribution in [0, 0.1) is 0 Å². The maximum atomic E-state index is 11.6. The number of ether oxygens (including phenoxy) is 1. The standard InChI is InChI=1S/C14H20BrNO3/c1-14(2,3)19-13(18)16-12(9-17)8-10-4-6-11(15)7-5-10/h4-7,12,17H,8-9H2,1-3H3,(H,16,18)/t12-/m1/s1. The molecule has 0 spiro atoms. The first-order valence-electron chi connectivity index (χ1n) is 6.15. The van der Waals surface area contributed by atoms with Crippen molar-refractivity contribution in [2.24, 2.45) is 0 Å². The molecular formula is C14H20BrNO3. The average molecular weight is 330 g/mol. The Morgan fingerprint density at radius 1 is 1.37 bits per heavy atom. The van der Waals surface area contributed by atoms with Gasteiger partial charge in [0.25, 0.3) is 0 Å². The van der Waals surface area contributed by atoms with Crippen LogP contribution in [0.3, 0.4) is 0 Å². The molecule has 0 aliphatic carbocycles. The van der Waals surface area contributed by atoms with Gasteiger partial charge in [0.1, 0.15) is 5.60 Å². The monoisotopic (exact) mass is 329 g/mol. The van der Waals surface area contributed by atoms with Crippen LogP contribution in [0.25, 0.3) is 0 Å². The Hall–Kier alpha value is -1.07. The van der Waals surface area contributed by atoms with Gasteiger partial charge in [-0.1, -0.05) is 28.1 Å². The zero-order valence-corrected chi connectivity index (χ0v) is 13.0. The number of nitrogens with one attached hydrogen (secondary N) is 1. The zero-order valence-electron chi connectivity index (χ0n) is 11.4. The Morgan fingerprint density at radius 3 is 2.42 bits per heavy atom. The van der Waals surface area contributed by atoms with Crippen molar-refractivity contribution in [3.8, 4) is 0 Å². The molecule has 2 N–H and O–H groups in total. The zero-order chi connectivity index (χ0) is 14.5. The Bertz CT molecular complexity index is 412. The number of hydrogen-bond acceptors (Lipinski definition) is 3. The van der Waals surface area contributed by atoms with E-state index in [4.69, 9.17) is 4.74 Å². The molecule has 1 aromatic carbocycles. The molecule has 106 valence electrons. The van der Waals surface area contributed by atoms with Crippen molar-refractivity contribution in [3.05, 3.63) is 34.3 Å². The number of amides is 1. The minimum absolute atomic E-state index is 0.130. The van der Waals surface area contributed by atoms with Crippen LogP contribution in [0.2, 0.25) is 0 Å². The molecular weight excluding hydrogens is 310 g/mol. The fraction of sp³-hybridized carbons (Fsp3) is 0.500. The van der Waals surface area contributed by atoms with Crippen LogP contribution in [0.15, 0.2) is 28.7 Å². The minimum atomic E-state index is -0.540. The summed E-state index contributed by atoms with van der Waals surface area (Å²) in [6, 6.07) is 7.40. The van der Waals surface area contributed by atoms with Gasteiger partial charge in [0, 0.05) is 4.47 Å². The van der Waals surface area contributed by atoms with Crippen LogP contribution in [0.5, 0.6) is 0 Å². The van der Waals surface area contributed by atoms with Crippen molar-refractivity contribution in [1.29, 1.82) is 0 Å². The summed E-state index contributed by atoms with van der Waals surface area (Å²) in [5, 5.41) is 12.0. The topological polar surface area (TPSA) is 58.6 Å². The third kappa shape index (κ3) is 6.59. The fourth-order valence-electron chi connectivity index (χ4n) is 1.54. The van der Waals surface area contributed by atoms with E-state index in [0.717, 1.165) is 10.0 Å². The first kappa shape index (κ1) is 16.0. The van der Waals surface area contributed by atoms with E-state index >= 15 is 0 Å². The van der Waals surface area contributed by atoms with E-state index in [0.29, 0.717) is 6.42 Å². The predicted molar refractivity (Wildman–Crippen MR) is 78.1 cm³/mol. The molecule has 0 aliphatic rings. The lowest BCUT2D eigenvalue weighted by Crippen LogP contribution is -2.42. The van der Waals surface area contributed by atoms with Crippen molar-refractivity contribution < 1.29 is 14.6 Å². The van der Waals surface area contributed by atoms with Crippen LogP contribution in [-0.2, 0) is 11.2 Å². The van der Waals surface area contributed by atoms with E-state index in [1.807, 2.05) is 24.3 Å². The normalized spacial score (nSPS) is 12.9. The van der Waals surface area contributed by atoms with Crippen molar-refractivity contribution in [1.82, 2.24) is 5.32 Å². The van der Waals surface area contributed by atoms with Gasteiger partial charge in [-0.2, -0.15) is 0 Å². The van der Waals surface area contributed by atoms with Crippen molar-refractivity contribution in [2.45, 2.75) is 38.8 Å². The summed E-state index contributed by atoms with van der Waals surface area (Å²) in [6.45, 7) is 5.27. The first-order chi connectivity index (χ1) is 8.80. The quantitative estimate of drug-likeness (QED) is 0.892. The summed E-state index contributed by atoms with van der Waals surface area (Å²) in [6.07, 6.45) is 0.0481. The maximum absolute atomic E-state index is 11.6. The number of alkyl carbamates (subject to hydrolysis) is 1. The van der Waals surface area contributed by atoms with Crippen LogP contribution in [-0.4, -0.2) is 29.4 Å². The molecule has 1 rings (SSSR count). The molecule has 0 saturated heterocycles. The maximum Gasteiger partial charge on any atom is 0.407 e. The second-order valence-corrected chi connectivity index (χ2v) is 6.27. The molecule has 0 saturated carbocycles. The molecule has 1 atom stereocenters. The van der Waals surface area contributed by atoms with Gasteiger partial charge in [-0.15, -0.1) is 0 Å². The minimum Gasteiger partial charge on any atom is -0.444 e. The number of benzene rings is 1. The van der Waals surface area contributed by atoms with Gasteiger partial charge >= 0.3 is 6.09 Å². The second-order valence-electron chi connectivity index (χ2n) is 5.36. The van der Waals surface area contributed by atoms with Crippen LogP contribution >= 0.6 is 15.9 Å². The van der Waals surface area contributed by atoms with Gasteiger partial charge in [0.05, 0.1) is 12.6 Å². The van der Waals surface area contributed by atoms with Gasteiger partial charge in [-0.3, -0.25) is 0 Å². The molecule has 0 aromatic heterocycles. The summed E-state index contributed by atoms with van der Waals surface area (Å²) >= 11 is 3.36. The second kappa shape index (κ2) is 6.91. The fourth-order valence-corrected chi connectivity index (χ4v) is 1.80. The van der Waals surface area contributed by atoms with E-state index in [2.05, 4.69) is 21.2 Å². The summed E-state index contributed by atoms with van der Waals surface area (Å²) in [5.74, 6) is 0. The molecule has 0 fully saturated rings. The van der Waals surface area contributed by atoms with Crippen molar-refractivity contribution in [2.75, 3.05) is 6.61 Å². The van der Waals surface area contributed by atoms with E-state index in [9.17, 15) is 9.90 Å². The number of hydrogen-bond donors (Lipinski definition) is 2. The van der Waals surface area contributed by atoms with Gasteiger partial charge in [-0.05, 0) is 44.9 Å². The Labute approximate surface area is 122 Å². The largest absolute Gasteiger partial charge is 0.444 e. The third-order valence-corrected chi connectivity index (χ3v) is 2.87. The number of rotatable bonds is 4. The predicted octanol–water partition coefficient (Wildman–Crippen LogP) is 2.88. The highest BCUT2D eigenvalue weighted by atomic mass is 79.9. The Kier molecular flexibility index (Phi) is 5.82. The number of halogens is 1. The molecule has 1 aromatic rings. The summed E-state index contributed by atoms with van der Waals surface area (Å²) < 4.78 is 6.16. The Balaban J connectivity index is 2.54. The van der Waals surface area contributed by atoms with E-state index < -0.39 is 11.7 Å². The van der Waals surface area contributed by atoms with Crippen LogP contribution in [0.4, 0.5) is 4.79 Å². The Morgan fingerprint density at radius 2 is 1.95 bits per heavy atom. The molecule has 0 radical (unpaired) electrons. The molecule has 5 heteroatoms. The number of aliphatic hydroxyl groups is 1. The molecule has 0 unspecified atom stereocenters. The number of aliphatic hydroxyl groups excluding tert-OH is 1. The lowest BCUT2D eigenvalue weighted by Gasteiger charge is -2.22. The highest BCUT2D eigenvalue weighted by molar-refractivity contribution is 9.10. The summed E-state index contributed by atoms with van der Waals surface area (Å²) in [5.41, 5.74) is 0.500. The molecule has 0 aliphatic heterocycles. The van der Waals surface area contributed by atoms with E-state index in [1.165, 1.54) is 0 Å². The lowest BCUT2D eigenvalue weighted by atomic mass is 10.1. The first-order valence-corrected chi connectivity index (χ1v) is 6.94. The highest BCUT2D eigenvalue weighted by Crippen LogP contribution is 2.12. The molecule has 0 heterocycles. The lowest BCUT2D eigenvalue weighted by molar-refractivity contribution is 0.0483. The number of carbonyl (C=O) groups excluding carboxylic acids is 1. The van der Waals surface area contributed by atoms with Gasteiger partial charge in [0.15, 0.2) is 0 Å². The van der Waals surface area contributed by atoms with Crippen molar-refractivity contribution in [3.63, 3.8) is 0 Å². The van der Waals surface area contributed by atoms with Gasteiger partial charge < -0.3 is 15.2 Å². The molecule has 19 heavy (non-hydrogen) atoms. The highest BCUT2D eigenvalue weighted by Gasteiger charge is 2.19. The summed E-state index contributed by atoms with van der Waals surface area (Å²) in [7, 11) is 0. The number of carbonyl (C=O) groups is 1. The molecule has 4 nitrogen and oxygen atoms in total. The average Bonchev–Trinajstić information content (AvgIpc) is 2.28. The van der Waals surface area contributed by atoms with Gasteiger partial charge in [0.2, 0.25) is 0 Å². The molecule has 0 bridgehead atoms. The summed E-state index contributed by atoms with van der Waals surface area (Å²) in [4.78, 5) is 11.6. The molecule has 1 amide bonds. The van der Waals surface area contributed by atoms with Gasteiger partial charge in [-0.25, -0.2) is 4.79 Å². The van der Waals surface area contributed by atoms with E-state index in [-0.39, 0.29) is 12.6 Å². The van der Waals surface area contributed by atoms with E-state index in [1.54, 1.807) is 20.8 Å². The van der Waals surface area contributed by atoms with Crippen LogP contribution < -0.4 is 5.32 Å². The van der Waals surface area contributed by atoms with Crippen molar-refractivity contribution >= 4 is 22.0 Å². The van der Waals surface area contributed by atoms with Crippen LogP contribution in [0.1, 0.15) is 26.3 Å².